The molecule has 2 aromatic carbocycles. The van der Waals surface area contributed by atoms with Gasteiger partial charge in [0.05, 0.1) is 0 Å². The number of morpholine rings is 1. The normalized spacial score (nSPS) is 13.8. The van der Waals surface area contributed by atoms with Gasteiger partial charge in [-0.25, -0.2) is 0 Å². The van der Waals surface area contributed by atoms with E-state index in [1.165, 1.54) is 12.1 Å². The van der Waals surface area contributed by atoms with Crippen LogP contribution in [0.3, 0.4) is 0 Å². The maximum atomic E-state index is 13.0. The van der Waals surface area contributed by atoms with Crippen LogP contribution >= 0.6 is 0 Å². The molecule has 0 bridgehead atoms. The van der Waals surface area contributed by atoms with E-state index < -0.39 is 19.2 Å². The van der Waals surface area contributed by atoms with Crippen molar-refractivity contribution >= 4 is 36.0 Å². The number of hydrogen-bond donors (Lipinski definition) is 1. The van der Waals surface area contributed by atoms with Crippen molar-refractivity contribution in [2.45, 2.75) is 12.4 Å². The molecule has 0 spiro atoms. The fourth-order valence-corrected chi connectivity index (χ4v) is 5.38. The minimum absolute atomic E-state index is 0.109. The standard InChI is InChI=1S/C22H26N3O5Se/c1-3-11-30-31(2)19-6-4-5-17(14-19)16-23-22(26)20-15-18(25(27)28)7-8-21(20)24-9-12-29-13-10-24/h3-8,14-15H,1,9-13,16H2,2H3,(H,23,26). The van der Waals surface area contributed by atoms with Crippen molar-refractivity contribution in [3.63, 3.8) is 0 Å². The van der Waals surface area contributed by atoms with Crippen LogP contribution in [0.15, 0.2) is 55.1 Å². The molecule has 1 saturated heterocycles. The first-order valence-electron chi connectivity index (χ1n) is 9.88. The first kappa shape index (κ1) is 23.0. The van der Waals surface area contributed by atoms with Crippen molar-refractivity contribution in [3.8, 4) is 0 Å². The van der Waals surface area contributed by atoms with E-state index >= 15 is 0 Å². The first-order chi connectivity index (χ1) is 15.0. The van der Waals surface area contributed by atoms with Crippen LogP contribution in [0, 0.1) is 10.1 Å². The van der Waals surface area contributed by atoms with Gasteiger partial charge >= 0.3 is 186 Å². The number of amides is 1. The van der Waals surface area contributed by atoms with Crippen LogP contribution in [0.4, 0.5) is 11.4 Å². The second kappa shape index (κ2) is 11.1. The number of rotatable bonds is 9. The number of nitro benzene ring substituents is 1. The molecule has 0 saturated carbocycles. The van der Waals surface area contributed by atoms with E-state index in [4.69, 9.17) is 8.56 Å². The third-order valence-corrected chi connectivity index (χ3v) is 7.79. The molecule has 1 heterocycles. The van der Waals surface area contributed by atoms with Gasteiger partial charge in [-0.3, -0.25) is 0 Å². The number of ether oxygens (including phenoxy) is 1. The Kier molecular flexibility index (Phi) is 8.20. The molecule has 0 atom stereocenters. The van der Waals surface area contributed by atoms with Crippen LogP contribution in [0.1, 0.15) is 15.9 Å². The molecule has 0 unspecified atom stereocenters. The molecule has 1 aliphatic heterocycles. The number of carbonyl (C=O) groups is 1. The van der Waals surface area contributed by atoms with Gasteiger partial charge in [-0.1, -0.05) is 0 Å². The fourth-order valence-electron chi connectivity index (χ4n) is 3.23. The van der Waals surface area contributed by atoms with Gasteiger partial charge in [-0.2, -0.15) is 0 Å². The quantitative estimate of drug-likeness (QED) is 0.251. The SMILES string of the molecule is C=CCO[Se](C)c1cccc(CNC(=O)c2cc([N+](=O)[O-])ccc2N2CCOCC2)c1. The van der Waals surface area contributed by atoms with Crippen molar-refractivity contribution < 1.29 is 18.3 Å². The van der Waals surface area contributed by atoms with Gasteiger partial charge in [0.1, 0.15) is 0 Å². The molecule has 1 radical (unpaired) electrons. The molecule has 1 aliphatic rings. The molecule has 9 heteroatoms. The number of nitrogens with one attached hydrogen (secondary N) is 1. The third kappa shape index (κ3) is 6.15. The van der Waals surface area contributed by atoms with E-state index in [1.54, 1.807) is 12.1 Å². The van der Waals surface area contributed by atoms with Gasteiger partial charge in [-0.05, 0) is 0 Å². The fraction of sp³-hybridized carbons (Fsp3) is 0.318. The summed E-state index contributed by atoms with van der Waals surface area (Å²) in [6, 6.07) is 12.4. The number of nitro groups is 1. The minimum atomic E-state index is -1.39. The Morgan fingerprint density at radius 1 is 1.32 bits per heavy atom. The van der Waals surface area contributed by atoms with E-state index in [0.717, 1.165) is 10.0 Å². The monoisotopic (exact) mass is 492 g/mol. The van der Waals surface area contributed by atoms with Crippen LogP contribution in [0.5, 0.6) is 0 Å². The van der Waals surface area contributed by atoms with Gasteiger partial charge in [0.15, 0.2) is 0 Å². The first-order valence-corrected chi connectivity index (χ1v) is 13.1. The van der Waals surface area contributed by atoms with Crippen molar-refractivity contribution in [1.29, 1.82) is 0 Å². The van der Waals surface area contributed by atoms with Crippen molar-refractivity contribution in [2.24, 2.45) is 0 Å². The van der Waals surface area contributed by atoms with Gasteiger partial charge in [0, 0.05) is 0 Å². The van der Waals surface area contributed by atoms with Crippen molar-refractivity contribution in [3.05, 3.63) is 76.4 Å². The van der Waals surface area contributed by atoms with Gasteiger partial charge in [0.25, 0.3) is 0 Å². The number of non-ortho nitro benzene ring substituents is 1. The molecule has 3 rings (SSSR count). The zero-order valence-corrected chi connectivity index (χ0v) is 19.1. The van der Waals surface area contributed by atoms with E-state index in [1.807, 2.05) is 29.2 Å². The summed E-state index contributed by atoms with van der Waals surface area (Å²) in [5.41, 5.74) is 1.81. The van der Waals surface area contributed by atoms with Crippen LogP contribution in [0.25, 0.3) is 0 Å². The Labute approximate surface area is 186 Å². The number of nitrogens with zero attached hydrogens (tertiary/aromatic N) is 2. The average Bonchev–Trinajstić information content (AvgIpc) is 2.81. The molecule has 31 heavy (non-hydrogen) atoms. The average molecular weight is 491 g/mol. The van der Waals surface area contributed by atoms with Gasteiger partial charge in [0.2, 0.25) is 0 Å². The molecule has 0 aromatic heterocycles. The summed E-state index contributed by atoms with van der Waals surface area (Å²) in [6.45, 7) is 6.88. The van der Waals surface area contributed by atoms with Crippen LogP contribution in [-0.2, 0) is 15.1 Å². The van der Waals surface area contributed by atoms with E-state index in [2.05, 4.69) is 17.7 Å². The topological polar surface area (TPSA) is 93.9 Å². The summed E-state index contributed by atoms with van der Waals surface area (Å²) in [7, 11) is 0. The predicted molar refractivity (Wildman–Crippen MR) is 121 cm³/mol. The predicted octanol–water partition coefficient (Wildman–Crippen LogP) is 2.39. The van der Waals surface area contributed by atoms with Crippen molar-refractivity contribution in [1.82, 2.24) is 5.32 Å². The van der Waals surface area contributed by atoms with E-state index in [9.17, 15) is 14.9 Å². The Bertz CT molecular complexity index is 946. The molecule has 1 amide bonds. The molecule has 1 N–H and O–H groups in total. The van der Waals surface area contributed by atoms with E-state index in [0.29, 0.717) is 50.7 Å². The molecular formula is C22H26N3O5Se. The Hall–Kier alpha value is -2.71. The summed E-state index contributed by atoms with van der Waals surface area (Å²) < 4.78 is 12.3. The van der Waals surface area contributed by atoms with Crippen LogP contribution < -0.4 is 14.7 Å². The van der Waals surface area contributed by atoms with E-state index in [-0.39, 0.29) is 11.6 Å². The summed E-state index contributed by atoms with van der Waals surface area (Å²) >= 11 is -1.39. The molecular weight excluding hydrogens is 465 g/mol. The second-order valence-corrected chi connectivity index (χ2v) is 10.3. The van der Waals surface area contributed by atoms with Crippen LogP contribution in [-0.4, -0.2) is 58.0 Å². The maximum absolute atomic E-state index is 13.0. The second-order valence-electron chi connectivity index (χ2n) is 6.92. The Morgan fingerprint density at radius 2 is 2.10 bits per heavy atom. The van der Waals surface area contributed by atoms with Crippen LogP contribution in [0.2, 0.25) is 5.82 Å². The Balaban J connectivity index is 1.76. The zero-order chi connectivity index (χ0) is 22.2. The Morgan fingerprint density at radius 3 is 2.81 bits per heavy atom. The molecule has 2 aromatic rings. The third-order valence-electron chi connectivity index (χ3n) is 4.83. The number of benzene rings is 2. The summed E-state index contributed by atoms with van der Waals surface area (Å²) in [4.78, 5) is 25.8. The van der Waals surface area contributed by atoms with Gasteiger partial charge in [-0.15, -0.1) is 0 Å². The number of hydrogen-bond acceptors (Lipinski definition) is 6. The molecule has 0 aliphatic carbocycles. The van der Waals surface area contributed by atoms with Crippen molar-refractivity contribution in [2.75, 3.05) is 37.8 Å². The summed E-state index contributed by atoms with van der Waals surface area (Å²) in [6.07, 6.45) is 1.73. The number of anilines is 1. The molecule has 1 fully saturated rings. The summed E-state index contributed by atoms with van der Waals surface area (Å²) in [5.74, 6) is 1.74. The molecule has 8 nitrogen and oxygen atoms in total. The van der Waals surface area contributed by atoms with Gasteiger partial charge < -0.3 is 0 Å². The zero-order valence-electron chi connectivity index (χ0n) is 17.4. The number of carbonyl (C=O) groups excluding carboxylic acids is 1. The summed E-state index contributed by atoms with van der Waals surface area (Å²) in [5, 5.41) is 14.2. The molecule has 165 valence electrons.